The van der Waals surface area contributed by atoms with Gasteiger partial charge in [-0.25, -0.2) is 4.79 Å². The summed E-state index contributed by atoms with van der Waals surface area (Å²) in [7, 11) is 3.17. The van der Waals surface area contributed by atoms with Crippen molar-refractivity contribution < 1.29 is 19.0 Å². The number of hydrogen-bond donors (Lipinski definition) is 0. The number of fused-ring (bicyclic) bond motifs is 1. The van der Waals surface area contributed by atoms with Crippen LogP contribution in [0.2, 0.25) is 0 Å². The van der Waals surface area contributed by atoms with Crippen molar-refractivity contribution in [2.24, 2.45) is 0 Å². The fourth-order valence-electron chi connectivity index (χ4n) is 3.94. The lowest BCUT2D eigenvalue weighted by atomic mass is 9.63. The van der Waals surface area contributed by atoms with Crippen LogP contribution in [-0.2, 0) is 20.3 Å². The smallest absolute Gasteiger partial charge is 0.343 e. The normalized spacial score (nSPS) is 17.2. The van der Waals surface area contributed by atoms with Crippen LogP contribution < -0.4 is 4.74 Å². The van der Waals surface area contributed by atoms with Gasteiger partial charge in [-0.1, -0.05) is 45.9 Å². The molecule has 0 aliphatic heterocycles. The molecule has 0 atom stereocenters. The van der Waals surface area contributed by atoms with E-state index in [1.165, 1.54) is 11.1 Å². The number of carbonyl (C=O) groups excluding carboxylic acids is 1. The van der Waals surface area contributed by atoms with Crippen molar-refractivity contribution in [1.29, 1.82) is 0 Å². The lowest BCUT2D eigenvalue weighted by Crippen LogP contribution is -2.34. The molecule has 4 heteroatoms. The molecule has 0 saturated carbocycles. The molecular formula is C24H30O4. The van der Waals surface area contributed by atoms with Gasteiger partial charge in [0.15, 0.2) is 6.29 Å². The van der Waals surface area contributed by atoms with Crippen LogP contribution in [0.5, 0.6) is 5.75 Å². The molecule has 0 saturated heterocycles. The minimum Gasteiger partial charge on any atom is -0.423 e. The van der Waals surface area contributed by atoms with Crippen molar-refractivity contribution in [3.8, 4) is 5.75 Å². The predicted molar refractivity (Wildman–Crippen MR) is 110 cm³/mol. The van der Waals surface area contributed by atoms with Gasteiger partial charge in [0, 0.05) is 19.8 Å². The topological polar surface area (TPSA) is 44.8 Å². The Bertz CT molecular complexity index is 845. The first-order valence-corrected chi connectivity index (χ1v) is 9.71. The van der Waals surface area contributed by atoms with Crippen molar-refractivity contribution in [1.82, 2.24) is 0 Å². The van der Waals surface area contributed by atoms with Gasteiger partial charge in [0.2, 0.25) is 0 Å². The molecule has 28 heavy (non-hydrogen) atoms. The van der Waals surface area contributed by atoms with Crippen LogP contribution in [0, 0.1) is 0 Å². The van der Waals surface area contributed by atoms with Crippen LogP contribution in [0.3, 0.4) is 0 Å². The highest BCUT2D eigenvalue weighted by Gasteiger charge is 2.37. The molecule has 1 aliphatic rings. The second-order valence-electron chi connectivity index (χ2n) is 8.79. The zero-order valence-corrected chi connectivity index (χ0v) is 17.7. The maximum absolute atomic E-state index is 12.7. The number of carbonyl (C=O) groups is 1. The fraction of sp³-hybridized carbons (Fsp3) is 0.458. The van der Waals surface area contributed by atoms with Gasteiger partial charge in [0.1, 0.15) is 5.75 Å². The summed E-state index contributed by atoms with van der Waals surface area (Å²) in [5.74, 6) is 0.154. The summed E-state index contributed by atoms with van der Waals surface area (Å²) < 4.78 is 16.1. The summed E-state index contributed by atoms with van der Waals surface area (Å²) >= 11 is 0. The van der Waals surface area contributed by atoms with Crippen LogP contribution in [-0.4, -0.2) is 20.2 Å². The summed E-state index contributed by atoms with van der Waals surface area (Å²) in [6, 6.07) is 13.2. The monoisotopic (exact) mass is 382 g/mol. The van der Waals surface area contributed by atoms with Gasteiger partial charge in [-0.05, 0) is 59.1 Å². The van der Waals surface area contributed by atoms with Gasteiger partial charge in [-0.3, -0.25) is 0 Å². The molecule has 0 bridgehead atoms. The van der Waals surface area contributed by atoms with E-state index in [1.807, 2.05) is 24.3 Å². The molecule has 0 radical (unpaired) electrons. The molecule has 3 rings (SSSR count). The Balaban J connectivity index is 1.82. The number of rotatable bonds is 5. The Morgan fingerprint density at radius 1 is 0.857 bits per heavy atom. The van der Waals surface area contributed by atoms with Crippen molar-refractivity contribution in [2.45, 2.75) is 57.7 Å². The fourth-order valence-corrected chi connectivity index (χ4v) is 3.94. The first-order chi connectivity index (χ1) is 13.2. The number of esters is 1. The largest absolute Gasteiger partial charge is 0.423 e. The number of hydrogen-bond acceptors (Lipinski definition) is 4. The van der Waals surface area contributed by atoms with E-state index >= 15 is 0 Å². The summed E-state index contributed by atoms with van der Waals surface area (Å²) in [6.07, 6.45) is 1.82. The lowest BCUT2D eigenvalue weighted by Gasteiger charge is -2.41. The second-order valence-corrected chi connectivity index (χ2v) is 8.79. The Hall–Kier alpha value is -2.17. The van der Waals surface area contributed by atoms with Gasteiger partial charge in [-0.15, -0.1) is 0 Å². The van der Waals surface area contributed by atoms with E-state index in [4.69, 9.17) is 14.2 Å². The molecular weight excluding hydrogens is 352 g/mol. The van der Waals surface area contributed by atoms with Crippen LogP contribution >= 0.6 is 0 Å². The van der Waals surface area contributed by atoms with E-state index in [1.54, 1.807) is 26.4 Å². The lowest BCUT2D eigenvalue weighted by molar-refractivity contribution is -0.106. The number of methoxy groups -OCH3 is 2. The first-order valence-electron chi connectivity index (χ1n) is 9.71. The Kier molecular flexibility index (Phi) is 5.64. The minimum absolute atomic E-state index is 0.0537. The van der Waals surface area contributed by atoms with Crippen LogP contribution in [0.1, 0.15) is 73.9 Å². The molecule has 0 fully saturated rings. The zero-order chi connectivity index (χ0) is 20.5. The summed E-state index contributed by atoms with van der Waals surface area (Å²) in [6.45, 7) is 9.04. The van der Waals surface area contributed by atoms with Crippen molar-refractivity contribution in [2.75, 3.05) is 14.2 Å². The second kappa shape index (κ2) is 7.69. The van der Waals surface area contributed by atoms with Crippen molar-refractivity contribution >= 4 is 5.97 Å². The highest BCUT2D eigenvalue weighted by atomic mass is 16.7. The highest BCUT2D eigenvalue weighted by Crippen LogP contribution is 2.45. The number of ether oxygens (including phenoxy) is 3. The SMILES string of the molecule is COC(OC)c1ccc(OC(=O)c2ccc3c(c2)C(C)(C)CCC3(C)C)cc1. The Morgan fingerprint density at radius 3 is 2.00 bits per heavy atom. The third-order valence-electron chi connectivity index (χ3n) is 5.88. The zero-order valence-electron chi connectivity index (χ0n) is 17.7. The maximum Gasteiger partial charge on any atom is 0.343 e. The molecule has 0 heterocycles. The molecule has 150 valence electrons. The molecule has 0 N–H and O–H groups in total. The van der Waals surface area contributed by atoms with E-state index < -0.39 is 6.29 Å². The average Bonchev–Trinajstić information content (AvgIpc) is 2.67. The molecule has 2 aromatic carbocycles. The van der Waals surface area contributed by atoms with Gasteiger partial charge in [0.25, 0.3) is 0 Å². The van der Waals surface area contributed by atoms with Gasteiger partial charge < -0.3 is 14.2 Å². The van der Waals surface area contributed by atoms with E-state index in [2.05, 4.69) is 33.8 Å². The molecule has 0 amide bonds. The van der Waals surface area contributed by atoms with Gasteiger partial charge in [0.05, 0.1) is 5.56 Å². The summed E-state index contributed by atoms with van der Waals surface area (Å²) in [4.78, 5) is 12.7. The van der Waals surface area contributed by atoms with E-state index in [9.17, 15) is 4.79 Å². The van der Waals surface area contributed by atoms with Crippen molar-refractivity contribution in [3.63, 3.8) is 0 Å². The predicted octanol–water partition coefficient (Wildman–Crippen LogP) is 5.55. The maximum atomic E-state index is 12.7. The minimum atomic E-state index is -0.434. The Morgan fingerprint density at radius 2 is 1.43 bits per heavy atom. The molecule has 2 aromatic rings. The third-order valence-corrected chi connectivity index (χ3v) is 5.88. The molecule has 1 aliphatic carbocycles. The third kappa shape index (κ3) is 3.98. The standard InChI is InChI=1S/C24H30O4/c1-23(2)13-14-24(3,4)20-15-17(9-12-19(20)23)21(25)28-18-10-7-16(8-11-18)22(26-5)27-6/h7-12,15,22H,13-14H2,1-6H3. The quantitative estimate of drug-likeness (QED) is 0.386. The van der Waals surface area contributed by atoms with Crippen LogP contribution in [0.4, 0.5) is 0 Å². The number of benzene rings is 2. The van der Waals surface area contributed by atoms with E-state index in [0.29, 0.717) is 11.3 Å². The summed E-state index contributed by atoms with van der Waals surface area (Å²) in [5.41, 5.74) is 4.20. The molecule has 0 aromatic heterocycles. The molecule has 4 nitrogen and oxygen atoms in total. The van der Waals surface area contributed by atoms with Gasteiger partial charge >= 0.3 is 5.97 Å². The van der Waals surface area contributed by atoms with Crippen molar-refractivity contribution in [3.05, 3.63) is 64.7 Å². The van der Waals surface area contributed by atoms with E-state index in [0.717, 1.165) is 18.4 Å². The first kappa shape index (κ1) is 20.6. The molecule has 0 unspecified atom stereocenters. The molecule has 0 spiro atoms. The summed E-state index contributed by atoms with van der Waals surface area (Å²) in [5, 5.41) is 0. The Labute approximate surface area is 167 Å². The highest BCUT2D eigenvalue weighted by molar-refractivity contribution is 5.91. The van der Waals surface area contributed by atoms with Crippen LogP contribution in [0.15, 0.2) is 42.5 Å². The van der Waals surface area contributed by atoms with Crippen LogP contribution in [0.25, 0.3) is 0 Å². The van der Waals surface area contributed by atoms with E-state index in [-0.39, 0.29) is 16.8 Å². The average molecular weight is 383 g/mol. The van der Waals surface area contributed by atoms with Gasteiger partial charge in [-0.2, -0.15) is 0 Å².